The maximum atomic E-state index is 10.9. The molecule has 2 aromatic rings. The minimum absolute atomic E-state index is 0.371. The summed E-state index contributed by atoms with van der Waals surface area (Å²) < 4.78 is 0. The van der Waals surface area contributed by atoms with Gasteiger partial charge in [0.05, 0.1) is 11.3 Å². The van der Waals surface area contributed by atoms with Gasteiger partial charge >= 0.3 is 5.97 Å². The Morgan fingerprint density at radius 1 is 1.30 bits per heavy atom. The monoisotopic (exact) mass is 270 g/mol. The molecule has 104 valence electrons. The lowest BCUT2D eigenvalue weighted by molar-refractivity contribution is 0.0696. The second-order valence-corrected chi connectivity index (χ2v) is 4.70. The molecule has 1 aromatic heterocycles. The molecule has 0 saturated heterocycles. The topological polar surface area (TPSA) is 62.2 Å². The number of aryl methyl sites for hydroxylation is 1. The summed E-state index contributed by atoms with van der Waals surface area (Å²) in [6.45, 7) is 3.41. The summed E-state index contributed by atoms with van der Waals surface area (Å²) in [5.41, 5.74) is 3.33. The zero-order valence-corrected chi connectivity index (χ0v) is 11.5. The number of pyridine rings is 1. The van der Waals surface area contributed by atoms with Crippen LogP contribution < -0.4 is 5.32 Å². The number of nitrogens with zero attached hydrogens (tertiary/aromatic N) is 1. The van der Waals surface area contributed by atoms with Gasteiger partial charge in [-0.3, -0.25) is 4.98 Å². The minimum Gasteiger partial charge on any atom is -0.478 e. The van der Waals surface area contributed by atoms with Crippen LogP contribution in [0.1, 0.15) is 27.2 Å². The van der Waals surface area contributed by atoms with E-state index in [1.165, 1.54) is 0 Å². The maximum absolute atomic E-state index is 10.9. The molecule has 0 unspecified atom stereocenters. The molecule has 0 aliphatic heterocycles. The molecule has 2 rings (SSSR count). The van der Waals surface area contributed by atoms with Gasteiger partial charge in [0.25, 0.3) is 0 Å². The van der Waals surface area contributed by atoms with Crippen molar-refractivity contribution in [3.05, 3.63) is 65.0 Å². The molecule has 0 spiro atoms. The fourth-order valence-corrected chi connectivity index (χ4v) is 2.07. The van der Waals surface area contributed by atoms with E-state index in [4.69, 9.17) is 5.11 Å². The highest BCUT2D eigenvalue weighted by molar-refractivity contribution is 5.89. The first kappa shape index (κ1) is 14.2. The van der Waals surface area contributed by atoms with Crippen LogP contribution in [0.3, 0.4) is 0 Å². The Labute approximate surface area is 118 Å². The molecule has 4 heteroatoms. The van der Waals surface area contributed by atoms with E-state index in [0.29, 0.717) is 5.56 Å². The van der Waals surface area contributed by atoms with Crippen molar-refractivity contribution in [3.63, 3.8) is 0 Å². The van der Waals surface area contributed by atoms with Gasteiger partial charge in [-0.15, -0.1) is 0 Å². The lowest BCUT2D eigenvalue weighted by atomic mass is 10.0. The first-order chi connectivity index (χ1) is 9.66. The highest BCUT2D eigenvalue weighted by Gasteiger charge is 2.06. The molecule has 1 aromatic carbocycles. The Kier molecular flexibility index (Phi) is 4.85. The van der Waals surface area contributed by atoms with E-state index in [0.717, 1.165) is 36.3 Å². The molecule has 0 amide bonds. The number of carboxylic acids is 1. The van der Waals surface area contributed by atoms with Crippen LogP contribution in [-0.2, 0) is 13.0 Å². The van der Waals surface area contributed by atoms with Crippen molar-refractivity contribution in [1.82, 2.24) is 10.3 Å². The van der Waals surface area contributed by atoms with Crippen molar-refractivity contribution in [2.45, 2.75) is 19.9 Å². The van der Waals surface area contributed by atoms with Gasteiger partial charge in [0.1, 0.15) is 0 Å². The summed E-state index contributed by atoms with van der Waals surface area (Å²) in [5, 5.41) is 12.3. The van der Waals surface area contributed by atoms with Crippen LogP contribution >= 0.6 is 0 Å². The largest absolute Gasteiger partial charge is 0.478 e. The molecular formula is C16H18N2O2. The molecule has 2 N–H and O–H groups in total. The Balaban J connectivity index is 1.83. The lowest BCUT2D eigenvalue weighted by Gasteiger charge is -2.07. The molecule has 20 heavy (non-hydrogen) atoms. The Morgan fingerprint density at radius 2 is 2.15 bits per heavy atom. The number of rotatable bonds is 6. The third kappa shape index (κ3) is 3.90. The molecule has 4 nitrogen and oxygen atoms in total. The van der Waals surface area contributed by atoms with Crippen LogP contribution in [0.25, 0.3) is 0 Å². The Bertz CT molecular complexity index is 582. The fourth-order valence-electron chi connectivity index (χ4n) is 2.07. The van der Waals surface area contributed by atoms with Gasteiger partial charge in [-0.2, -0.15) is 0 Å². The van der Waals surface area contributed by atoms with Crippen LogP contribution in [0.15, 0.2) is 42.6 Å². The van der Waals surface area contributed by atoms with Gasteiger partial charge < -0.3 is 10.4 Å². The smallest absolute Gasteiger partial charge is 0.335 e. The quantitative estimate of drug-likeness (QED) is 0.791. The molecule has 0 aliphatic rings. The molecule has 0 atom stereocenters. The summed E-state index contributed by atoms with van der Waals surface area (Å²) >= 11 is 0. The standard InChI is InChI=1S/C16H18N2O2/c1-12-10-13(5-6-15(12)16(19)20)7-9-17-11-14-4-2-3-8-18-14/h2-6,8,10,17H,7,9,11H2,1H3,(H,19,20). The predicted octanol–water partition coefficient (Wildman–Crippen LogP) is 2.42. The SMILES string of the molecule is Cc1cc(CCNCc2ccccn2)ccc1C(=O)O. The highest BCUT2D eigenvalue weighted by Crippen LogP contribution is 2.11. The molecular weight excluding hydrogens is 252 g/mol. The number of benzene rings is 1. The van der Waals surface area contributed by atoms with Gasteiger partial charge in [0, 0.05) is 12.7 Å². The summed E-state index contributed by atoms with van der Waals surface area (Å²) in [5.74, 6) is -0.873. The van der Waals surface area contributed by atoms with Crippen LogP contribution in [0.5, 0.6) is 0 Å². The number of hydrogen-bond donors (Lipinski definition) is 2. The van der Waals surface area contributed by atoms with Crippen molar-refractivity contribution in [3.8, 4) is 0 Å². The average molecular weight is 270 g/mol. The number of aromatic nitrogens is 1. The molecule has 0 bridgehead atoms. The van der Waals surface area contributed by atoms with Gasteiger partial charge in [0.15, 0.2) is 0 Å². The molecule has 0 radical (unpaired) electrons. The van der Waals surface area contributed by atoms with E-state index >= 15 is 0 Å². The van der Waals surface area contributed by atoms with E-state index < -0.39 is 5.97 Å². The highest BCUT2D eigenvalue weighted by atomic mass is 16.4. The Morgan fingerprint density at radius 3 is 2.80 bits per heavy atom. The van der Waals surface area contributed by atoms with Crippen LogP contribution in [0.4, 0.5) is 0 Å². The predicted molar refractivity (Wildman–Crippen MR) is 77.8 cm³/mol. The third-order valence-corrected chi connectivity index (χ3v) is 3.14. The normalized spacial score (nSPS) is 10.4. The second-order valence-electron chi connectivity index (χ2n) is 4.70. The van der Waals surface area contributed by atoms with Crippen molar-refractivity contribution in [2.75, 3.05) is 6.54 Å². The van der Waals surface area contributed by atoms with E-state index in [1.807, 2.05) is 37.3 Å². The van der Waals surface area contributed by atoms with E-state index in [9.17, 15) is 4.79 Å². The summed E-state index contributed by atoms with van der Waals surface area (Å²) in [6.07, 6.45) is 2.65. The Hall–Kier alpha value is -2.20. The van der Waals surface area contributed by atoms with Crippen LogP contribution in [0, 0.1) is 6.92 Å². The van der Waals surface area contributed by atoms with Gasteiger partial charge in [-0.1, -0.05) is 18.2 Å². The van der Waals surface area contributed by atoms with Crippen LogP contribution in [-0.4, -0.2) is 22.6 Å². The minimum atomic E-state index is -0.873. The summed E-state index contributed by atoms with van der Waals surface area (Å²) in [7, 11) is 0. The zero-order chi connectivity index (χ0) is 14.4. The summed E-state index contributed by atoms with van der Waals surface area (Å²) in [4.78, 5) is 15.2. The van der Waals surface area contributed by atoms with Crippen molar-refractivity contribution in [2.24, 2.45) is 0 Å². The molecule has 0 saturated carbocycles. The molecule has 0 aliphatic carbocycles. The van der Waals surface area contributed by atoms with E-state index in [2.05, 4.69) is 10.3 Å². The number of carboxylic acid groups (broad SMARTS) is 1. The lowest BCUT2D eigenvalue weighted by Crippen LogP contribution is -2.17. The molecule has 0 fully saturated rings. The zero-order valence-electron chi connectivity index (χ0n) is 11.5. The van der Waals surface area contributed by atoms with Crippen molar-refractivity contribution in [1.29, 1.82) is 0 Å². The average Bonchev–Trinajstić information content (AvgIpc) is 2.44. The number of carbonyl (C=O) groups is 1. The first-order valence-electron chi connectivity index (χ1n) is 6.60. The van der Waals surface area contributed by atoms with Gasteiger partial charge in [-0.25, -0.2) is 4.79 Å². The summed E-state index contributed by atoms with van der Waals surface area (Å²) in [6, 6.07) is 11.3. The maximum Gasteiger partial charge on any atom is 0.335 e. The number of nitrogens with one attached hydrogen (secondary N) is 1. The third-order valence-electron chi connectivity index (χ3n) is 3.14. The first-order valence-corrected chi connectivity index (χ1v) is 6.60. The number of hydrogen-bond acceptors (Lipinski definition) is 3. The van der Waals surface area contributed by atoms with E-state index in [-0.39, 0.29) is 0 Å². The van der Waals surface area contributed by atoms with Gasteiger partial charge in [0.2, 0.25) is 0 Å². The molecule has 1 heterocycles. The number of aromatic carboxylic acids is 1. The van der Waals surface area contributed by atoms with Crippen molar-refractivity contribution >= 4 is 5.97 Å². The van der Waals surface area contributed by atoms with E-state index in [1.54, 1.807) is 12.3 Å². The van der Waals surface area contributed by atoms with Crippen molar-refractivity contribution < 1.29 is 9.90 Å². The fraction of sp³-hybridized carbons (Fsp3) is 0.250. The van der Waals surface area contributed by atoms with Crippen LogP contribution in [0.2, 0.25) is 0 Å². The van der Waals surface area contributed by atoms with Gasteiger partial charge in [-0.05, 0) is 49.2 Å². The second kappa shape index (κ2) is 6.82.